The Bertz CT molecular complexity index is 1390. The van der Waals surface area contributed by atoms with Crippen LogP contribution < -0.4 is 29.7 Å². The molecule has 0 radical (unpaired) electrons. The number of methoxy groups -OCH3 is 2. The highest BCUT2D eigenvalue weighted by atomic mass is 16.5. The van der Waals surface area contributed by atoms with E-state index in [9.17, 15) is 4.79 Å². The average molecular weight is 489 g/mol. The maximum Gasteiger partial charge on any atom is 0.271 e. The zero-order chi connectivity index (χ0) is 25.1. The normalized spacial score (nSPS) is 13.4. The topological polar surface area (TPSA) is 102 Å². The van der Waals surface area contributed by atoms with E-state index in [0.717, 1.165) is 17.0 Å². The number of hydrogen-bond donors (Lipinski definition) is 2. The van der Waals surface area contributed by atoms with Crippen molar-refractivity contribution in [2.45, 2.75) is 13.0 Å². The average Bonchev–Trinajstić information content (AvgIpc) is 3.32. The van der Waals surface area contributed by atoms with Gasteiger partial charge in [-0.05, 0) is 36.2 Å². The quantitative estimate of drug-likeness (QED) is 0.439. The van der Waals surface area contributed by atoms with Gasteiger partial charge in [-0.25, -0.2) is 9.50 Å². The van der Waals surface area contributed by atoms with Crippen molar-refractivity contribution < 1.29 is 19.0 Å². The summed E-state index contributed by atoms with van der Waals surface area (Å²) in [5, 5.41) is 11.0. The number of benzene rings is 2. The second-order valence-corrected chi connectivity index (χ2v) is 8.44. The summed E-state index contributed by atoms with van der Waals surface area (Å²) in [5.41, 5.74) is 3.54. The third-order valence-electron chi connectivity index (χ3n) is 5.98. The predicted octanol–water partition coefficient (Wildman–Crippen LogP) is 3.64. The molecule has 0 fully saturated rings. The zero-order valence-electron chi connectivity index (χ0n) is 20.4. The smallest absolute Gasteiger partial charge is 0.271 e. The van der Waals surface area contributed by atoms with Gasteiger partial charge >= 0.3 is 0 Å². The van der Waals surface area contributed by atoms with Gasteiger partial charge in [0.1, 0.15) is 17.2 Å². The minimum atomic E-state index is -0.246. The molecule has 4 bridgehead atoms. The molecule has 36 heavy (non-hydrogen) atoms. The molecule has 5 rings (SSSR count). The molecule has 0 aliphatic carbocycles. The van der Waals surface area contributed by atoms with E-state index >= 15 is 0 Å². The molecule has 0 atom stereocenters. The molecule has 0 saturated heterocycles. The SMILES string of the molecule is COc1ccc(CN(C)c2cc3nn4c(cnc24)C(=O)NCCCOc2ccc(OC)c(c2)N3)cc1. The molecule has 0 saturated carbocycles. The Morgan fingerprint density at radius 1 is 1.11 bits per heavy atom. The number of hydrogen-bond acceptors (Lipinski definition) is 8. The van der Waals surface area contributed by atoms with Gasteiger partial charge in [-0.15, -0.1) is 5.10 Å². The first-order valence-corrected chi connectivity index (χ1v) is 11.6. The number of nitrogens with one attached hydrogen (secondary N) is 2. The van der Waals surface area contributed by atoms with E-state index in [-0.39, 0.29) is 5.91 Å². The minimum absolute atomic E-state index is 0.246. The van der Waals surface area contributed by atoms with Crippen LogP contribution in [-0.2, 0) is 6.54 Å². The summed E-state index contributed by atoms with van der Waals surface area (Å²) in [6.45, 7) is 1.55. The van der Waals surface area contributed by atoms with E-state index in [1.807, 2.05) is 55.6 Å². The number of ether oxygens (including phenoxy) is 3. The van der Waals surface area contributed by atoms with Gasteiger partial charge in [-0.2, -0.15) is 0 Å². The highest BCUT2D eigenvalue weighted by Crippen LogP contribution is 2.33. The van der Waals surface area contributed by atoms with Crippen molar-refractivity contribution in [3.8, 4) is 17.2 Å². The fourth-order valence-corrected chi connectivity index (χ4v) is 4.11. The number of carbonyl (C=O) groups is 1. The summed E-state index contributed by atoms with van der Waals surface area (Å²) >= 11 is 0. The lowest BCUT2D eigenvalue weighted by atomic mass is 10.2. The van der Waals surface area contributed by atoms with Gasteiger partial charge in [0.15, 0.2) is 17.2 Å². The second-order valence-electron chi connectivity index (χ2n) is 8.44. The molecule has 1 aliphatic heterocycles. The fourth-order valence-electron chi connectivity index (χ4n) is 4.11. The Balaban J connectivity index is 1.59. The number of aromatic nitrogens is 3. The van der Waals surface area contributed by atoms with Gasteiger partial charge in [-0.1, -0.05) is 12.1 Å². The number of rotatable bonds is 5. The second kappa shape index (κ2) is 10.0. The Hall–Kier alpha value is -4.47. The van der Waals surface area contributed by atoms with E-state index in [1.165, 1.54) is 0 Å². The van der Waals surface area contributed by atoms with Crippen molar-refractivity contribution in [2.24, 2.45) is 0 Å². The monoisotopic (exact) mass is 488 g/mol. The molecule has 0 unspecified atom stereocenters. The number of nitrogens with zero attached hydrogens (tertiary/aromatic N) is 4. The van der Waals surface area contributed by atoms with E-state index in [1.54, 1.807) is 24.9 Å². The van der Waals surface area contributed by atoms with Crippen molar-refractivity contribution in [2.75, 3.05) is 44.6 Å². The van der Waals surface area contributed by atoms with Gasteiger partial charge in [0.25, 0.3) is 5.91 Å². The molecule has 2 aromatic heterocycles. The standard InChI is InChI=1S/C26H28N6O4/c1-31(16-17-5-7-18(34-2)8-6-17)21-14-24-29-20-13-19(9-10-23(20)35-3)36-12-4-11-27-26(33)22-15-28-25(21)32(22)30-24/h5-10,13-15H,4,11-12,16H2,1-3H3,(H,27,33)(H,29,30). The van der Waals surface area contributed by atoms with Crippen LogP contribution in [0, 0.1) is 0 Å². The number of imidazole rings is 1. The lowest BCUT2D eigenvalue weighted by Gasteiger charge is -2.22. The number of fused-ring (bicyclic) bond motifs is 3. The van der Waals surface area contributed by atoms with Crippen LogP contribution in [0.15, 0.2) is 54.7 Å². The maximum absolute atomic E-state index is 12.9. The van der Waals surface area contributed by atoms with Crippen molar-refractivity contribution >= 4 is 28.7 Å². The van der Waals surface area contributed by atoms with Crippen molar-refractivity contribution in [1.29, 1.82) is 0 Å². The first-order chi connectivity index (χ1) is 17.6. The first kappa shape index (κ1) is 23.3. The summed E-state index contributed by atoms with van der Waals surface area (Å²) < 4.78 is 18.3. The van der Waals surface area contributed by atoms with Gasteiger partial charge in [0.2, 0.25) is 0 Å². The van der Waals surface area contributed by atoms with E-state index in [4.69, 9.17) is 19.3 Å². The molecule has 0 spiro atoms. The predicted molar refractivity (Wildman–Crippen MR) is 137 cm³/mol. The van der Waals surface area contributed by atoms with Crippen LogP contribution in [-0.4, -0.2) is 54.9 Å². The molecule has 2 aromatic carbocycles. The van der Waals surface area contributed by atoms with Crippen molar-refractivity contribution in [3.05, 3.63) is 66.0 Å². The summed E-state index contributed by atoms with van der Waals surface area (Å²) in [6, 6.07) is 15.4. The number of amides is 1. The highest BCUT2D eigenvalue weighted by Gasteiger charge is 2.20. The third-order valence-corrected chi connectivity index (χ3v) is 5.98. The minimum Gasteiger partial charge on any atom is -0.497 e. The molecule has 10 nitrogen and oxygen atoms in total. The molecule has 3 heterocycles. The Kier molecular flexibility index (Phi) is 6.48. The fraction of sp³-hybridized carbons (Fsp3) is 0.269. The van der Waals surface area contributed by atoms with E-state index in [0.29, 0.717) is 60.5 Å². The van der Waals surface area contributed by atoms with Crippen LogP contribution in [0.1, 0.15) is 22.5 Å². The summed E-state index contributed by atoms with van der Waals surface area (Å²) in [6.07, 6.45) is 2.21. The maximum atomic E-state index is 12.9. The molecule has 2 N–H and O–H groups in total. The number of anilines is 3. The Morgan fingerprint density at radius 2 is 1.94 bits per heavy atom. The summed E-state index contributed by atoms with van der Waals surface area (Å²) in [5.74, 6) is 2.43. The van der Waals surface area contributed by atoms with Crippen LogP contribution in [0.3, 0.4) is 0 Å². The van der Waals surface area contributed by atoms with Crippen LogP contribution in [0.25, 0.3) is 5.65 Å². The Labute approximate surface area is 208 Å². The molecular weight excluding hydrogens is 460 g/mol. The summed E-state index contributed by atoms with van der Waals surface area (Å²) in [7, 11) is 5.24. The molecule has 10 heteroatoms. The van der Waals surface area contributed by atoms with Gasteiger partial charge in [0, 0.05) is 32.3 Å². The largest absolute Gasteiger partial charge is 0.497 e. The number of carbonyl (C=O) groups excluding carboxylic acids is 1. The van der Waals surface area contributed by atoms with Crippen molar-refractivity contribution in [1.82, 2.24) is 19.9 Å². The molecule has 4 aromatic rings. The van der Waals surface area contributed by atoms with Gasteiger partial charge in [0.05, 0.1) is 38.4 Å². The van der Waals surface area contributed by atoms with E-state index < -0.39 is 0 Å². The van der Waals surface area contributed by atoms with Gasteiger partial charge in [-0.3, -0.25) is 4.79 Å². The van der Waals surface area contributed by atoms with Crippen LogP contribution in [0.2, 0.25) is 0 Å². The lowest BCUT2D eigenvalue weighted by molar-refractivity contribution is 0.0944. The molecular formula is C26H28N6O4. The molecule has 1 aliphatic rings. The van der Waals surface area contributed by atoms with Crippen LogP contribution in [0.5, 0.6) is 17.2 Å². The third kappa shape index (κ3) is 4.70. The van der Waals surface area contributed by atoms with Crippen LogP contribution >= 0.6 is 0 Å². The zero-order valence-corrected chi connectivity index (χ0v) is 20.4. The first-order valence-electron chi connectivity index (χ1n) is 11.6. The Morgan fingerprint density at radius 3 is 2.72 bits per heavy atom. The van der Waals surface area contributed by atoms with E-state index in [2.05, 4.69) is 20.5 Å². The lowest BCUT2D eigenvalue weighted by Crippen LogP contribution is -2.27. The van der Waals surface area contributed by atoms with Gasteiger partial charge < -0.3 is 29.7 Å². The summed E-state index contributed by atoms with van der Waals surface area (Å²) in [4.78, 5) is 19.6. The molecule has 1 amide bonds. The molecule has 186 valence electrons. The van der Waals surface area contributed by atoms with Crippen LogP contribution in [0.4, 0.5) is 17.2 Å². The highest BCUT2D eigenvalue weighted by molar-refractivity contribution is 5.94. The van der Waals surface area contributed by atoms with Crippen molar-refractivity contribution in [3.63, 3.8) is 0 Å².